The Bertz CT molecular complexity index is 158. The Morgan fingerprint density at radius 1 is 1.50 bits per heavy atom. The van der Waals surface area contributed by atoms with Crippen LogP contribution in [0.1, 0.15) is 20.8 Å². The molecular formula is C9H16O3. The molecule has 0 aliphatic carbocycles. The van der Waals surface area contributed by atoms with Gasteiger partial charge in [0.25, 0.3) is 0 Å². The smallest absolute Gasteiger partial charge is 0.155 e. The van der Waals surface area contributed by atoms with E-state index in [0.29, 0.717) is 12.5 Å². The average Bonchev–Trinajstić information content (AvgIpc) is 2.08. The van der Waals surface area contributed by atoms with Crippen molar-refractivity contribution in [3.05, 3.63) is 0 Å². The summed E-state index contributed by atoms with van der Waals surface area (Å²) in [4.78, 5) is 10.5. The lowest BCUT2D eigenvalue weighted by atomic mass is 9.94. The lowest BCUT2D eigenvalue weighted by Crippen LogP contribution is -2.41. The quantitative estimate of drug-likeness (QED) is 0.587. The summed E-state index contributed by atoms with van der Waals surface area (Å²) in [5.74, 6) is 0.271. The number of carbonyl (C=O) groups is 1. The van der Waals surface area contributed by atoms with E-state index in [0.717, 1.165) is 6.29 Å². The van der Waals surface area contributed by atoms with Crippen molar-refractivity contribution < 1.29 is 14.3 Å². The number of aldehydes is 1. The second kappa shape index (κ2) is 4.01. The SMILES string of the molecule is C[C@H]1OC[C@H](C)[C@@H]([C@@H](C)C=O)O1. The normalized spacial score (nSPS) is 39.1. The first-order chi connectivity index (χ1) is 5.65. The number of hydrogen-bond acceptors (Lipinski definition) is 3. The molecule has 12 heavy (non-hydrogen) atoms. The first-order valence-electron chi connectivity index (χ1n) is 4.37. The third-order valence-electron chi connectivity index (χ3n) is 2.24. The molecule has 1 saturated heterocycles. The molecule has 1 aliphatic rings. The number of hydrogen-bond donors (Lipinski definition) is 0. The molecule has 3 nitrogen and oxygen atoms in total. The summed E-state index contributed by atoms with van der Waals surface area (Å²) in [5, 5.41) is 0. The number of ether oxygens (including phenoxy) is 2. The van der Waals surface area contributed by atoms with Crippen LogP contribution in [0, 0.1) is 11.8 Å². The van der Waals surface area contributed by atoms with Crippen molar-refractivity contribution in [1.29, 1.82) is 0 Å². The van der Waals surface area contributed by atoms with E-state index in [1.807, 2.05) is 20.8 Å². The minimum absolute atomic E-state index is 0.0197. The first-order valence-corrected chi connectivity index (χ1v) is 4.37. The van der Waals surface area contributed by atoms with Crippen LogP contribution in [0.5, 0.6) is 0 Å². The Morgan fingerprint density at radius 2 is 2.17 bits per heavy atom. The minimum Gasteiger partial charge on any atom is -0.353 e. The van der Waals surface area contributed by atoms with Crippen LogP contribution in [0.4, 0.5) is 0 Å². The van der Waals surface area contributed by atoms with E-state index in [9.17, 15) is 4.79 Å². The van der Waals surface area contributed by atoms with Crippen LogP contribution >= 0.6 is 0 Å². The Hall–Kier alpha value is -0.410. The van der Waals surface area contributed by atoms with E-state index >= 15 is 0 Å². The van der Waals surface area contributed by atoms with Gasteiger partial charge in [-0.25, -0.2) is 0 Å². The molecule has 0 aromatic heterocycles. The number of carbonyl (C=O) groups excluding carboxylic acids is 1. The number of rotatable bonds is 2. The topological polar surface area (TPSA) is 35.5 Å². The summed E-state index contributed by atoms with van der Waals surface area (Å²) in [6.45, 7) is 6.46. The molecule has 0 saturated carbocycles. The van der Waals surface area contributed by atoms with Crippen LogP contribution in [-0.4, -0.2) is 25.3 Å². The molecule has 1 heterocycles. The fraction of sp³-hybridized carbons (Fsp3) is 0.889. The summed E-state index contributed by atoms with van der Waals surface area (Å²) >= 11 is 0. The van der Waals surface area contributed by atoms with Crippen molar-refractivity contribution >= 4 is 6.29 Å². The van der Waals surface area contributed by atoms with Crippen LogP contribution in [-0.2, 0) is 14.3 Å². The maximum atomic E-state index is 10.5. The predicted octanol–water partition coefficient (Wildman–Crippen LogP) is 1.22. The molecule has 1 rings (SSSR count). The molecule has 0 bridgehead atoms. The molecule has 4 atom stereocenters. The Labute approximate surface area is 73.0 Å². The standard InChI is InChI=1S/C9H16O3/c1-6(4-10)9-7(2)5-11-8(3)12-9/h4,6-9H,5H2,1-3H3/t6-,7-,8-,9+/m0/s1. The zero-order valence-corrected chi connectivity index (χ0v) is 7.82. The van der Waals surface area contributed by atoms with Crippen molar-refractivity contribution in [2.75, 3.05) is 6.61 Å². The van der Waals surface area contributed by atoms with Gasteiger partial charge in [0.2, 0.25) is 0 Å². The highest BCUT2D eigenvalue weighted by molar-refractivity contribution is 5.53. The molecule has 0 aromatic rings. The highest BCUT2D eigenvalue weighted by atomic mass is 16.7. The monoisotopic (exact) mass is 172 g/mol. The van der Waals surface area contributed by atoms with Gasteiger partial charge in [0, 0.05) is 11.8 Å². The predicted molar refractivity (Wildman–Crippen MR) is 44.7 cm³/mol. The van der Waals surface area contributed by atoms with Crippen LogP contribution in [0.25, 0.3) is 0 Å². The van der Waals surface area contributed by atoms with Gasteiger partial charge in [-0.15, -0.1) is 0 Å². The average molecular weight is 172 g/mol. The van der Waals surface area contributed by atoms with E-state index in [-0.39, 0.29) is 18.3 Å². The van der Waals surface area contributed by atoms with Crippen LogP contribution in [0.3, 0.4) is 0 Å². The van der Waals surface area contributed by atoms with E-state index in [2.05, 4.69) is 0 Å². The molecule has 0 radical (unpaired) electrons. The summed E-state index contributed by atoms with van der Waals surface area (Å²) in [6.07, 6.45) is 0.791. The van der Waals surface area contributed by atoms with Crippen molar-refractivity contribution in [3.8, 4) is 0 Å². The van der Waals surface area contributed by atoms with Gasteiger partial charge in [-0.3, -0.25) is 0 Å². The minimum atomic E-state index is -0.173. The zero-order chi connectivity index (χ0) is 9.14. The molecule has 0 aromatic carbocycles. The van der Waals surface area contributed by atoms with Gasteiger partial charge in [0.1, 0.15) is 6.29 Å². The van der Waals surface area contributed by atoms with Crippen LogP contribution < -0.4 is 0 Å². The third-order valence-corrected chi connectivity index (χ3v) is 2.24. The van der Waals surface area contributed by atoms with Crippen LogP contribution in [0.2, 0.25) is 0 Å². The fourth-order valence-corrected chi connectivity index (χ4v) is 1.50. The van der Waals surface area contributed by atoms with Crippen molar-refractivity contribution in [2.24, 2.45) is 11.8 Å². The molecule has 0 amide bonds. The summed E-state index contributed by atoms with van der Waals surface area (Å²) in [5.41, 5.74) is 0. The lowest BCUT2D eigenvalue weighted by molar-refractivity contribution is -0.233. The second-order valence-electron chi connectivity index (χ2n) is 3.47. The Morgan fingerprint density at radius 3 is 2.75 bits per heavy atom. The molecule has 0 unspecified atom stereocenters. The lowest BCUT2D eigenvalue weighted by Gasteiger charge is -2.35. The maximum absolute atomic E-state index is 10.5. The molecule has 0 N–H and O–H groups in total. The van der Waals surface area contributed by atoms with Gasteiger partial charge < -0.3 is 14.3 Å². The summed E-state index contributed by atoms with van der Waals surface area (Å²) < 4.78 is 10.8. The van der Waals surface area contributed by atoms with Crippen LogP contribution in [0.15, 0.2) is 0 Å². The molecule has 70 valence electrons. The van der Waals surface area contributed by atoms with Gasteiger partial charge in [0.15, 0.2) is 6.29 Å². The highest BCUT2D eigenvalue weighted by Crippen LogP contribution is 2.23. The van der Waals surface area contributed by atoms with E-state index < -0.39 is 0 Å². The van der Waals surface area contributed by atoms with E-state index in [1.165, 1.54) is 0 Å². The van der Waals surface area contributed by atoms with Gasteiger partial charge in [-0.05, 0) is 6.92 Å². The molecule has 1 aliphatic heterocycles. The van der Waals surface area contributed by atoms with Crippen molar-refractivity contribution in [3.63, 3.8) is 0 Å². The second-order valence-corrected chi connectivity index (χ2v) is 3.47. The Kier molecular flexibility index (Phi) is 3.23. The third kappa shape index (κ3) is 2.05. The largest absolute Gasteiger partial charge is 0.353 e. The molecule has 1 fully saturated rings. The first kappa shape index (κ1) is 9.68. The van der Waals surface area contributed by atoms with Gasteiger partial charge in [-0.1, -0.05) is 13.8 Å². The van der Waals surface area contributed by atoms with Gasteiger partial charge in [0.05, 0.1) is 12.7 Å². The molecular weight excluding hydrogens is 156 g/mol. The van der Waals surface area contributed by atoms with Crippen molar-refractivity contribution in [2.45, 2.75) is 33.2 Å². The highest BCUT2D eigenvalue weighted by Gasteiger charge is 2.30. The molecule has 3 heteroatoms. The van der Waals surface area contributed by atoms with E-state index in [4.69, 9.17) is 9.47 Å². The van der Waals surface area contributed by atoms with Crippen molar-refractivity contribution in [1.82, 2.24) is 0 Å². The fourth-order valence-electron chi connectivity index (χ4n) is 1.50. The summed E-state index contributed by atoms with van der Waals surface area (Å²) in [7, 11) is 0. The summed E-state index contributed by atoms with van der Waals surface area (Å²) in [6, 6.07) is 0. The van der Waals surface area contributed by atoms with Gasteiger partial charge >= 0.3 is 0 Å². The van der Waals surface area contributed by atoms with E-state index in [1.54, 1.807) is 0 Å². The Balaban J connectivity index is 2.53. The maximum Gasteiger partial charge on any atom is 0.155 e. The van der Waals surface area contributed by atoms with Gasteiger partial charge in [-0.2, -0.15) is 0 Å². The molecule has 0 spiro atoms. The zero-order valence-electron chi connectivity index (χ0n) is 7.82.